The lowest BCUT2D eigenvalue weighted by molar-refractivity contribution is 0.163. The summed E-state index contributed by atoms with van der Waals surface area (Å²) >= 11 is 0. The van der Waals surface area contributed by atoms with E-state index in [0.717, 1.165) is 45.4 Å². The van der Waals surface area contributed by atoms with Gasteiger partial charge < -0.3 is 19.9 Å². The van der Waals surface area contributed by atoms with Crippen LogP contribution >= 0.6 is 0 Å². The highest BCUT2D eigenvalue weighted by atomic mass is 16.5. The summed E-state index contributed by atoms with van der Waals surface area (Å²) in [7, 11) is 1.44. The minimum atomic E-state index is -0.369. The maximum Gasteiger partial charge on any atom is 0.407 e. The number of carbonyl (C=O) groups is 1. The van der Waals surface area contributed by atoms with E-state index in [9.17, 15) is 4.79 Å². The molecule has 0 aromatic heterocycles. The number of hydrogen-bond acceptors (Lipinski definition) is 4. The Kier molecular flexibility index (Phi) is 7.12. The molecule has 0 bridgehead atoms. The maximum absolute atomic E-state index is 12.3. The van der Waals surface area contributed by atoms with E-state index in [1.807, 2.05) is 0 Å². The van der Waals surface area contributed by atoms with Gasteiger partial charge in [0.1, 0.15) is 0 Å². The van der Waals surface area contributed by atoms with Crippen molar-refractivity contribution in [2.24, 2.45) is 5.92 Å². The van der Waals surface area contributed by atoms with Crippen LogP contribution in [0, 0.1) is 5.92 Å². The molecule has 0 radical (unpaired) electrons. The van der Waals surface area contributed by atoms with Crippen molar-refractivity contribution < 1.29 is 9.53 Å². The number of benzene rings is 4. The van der Waals surface area contributed by atoms with Crippen LogP contribution in [0.3, 0.4) is 0 Å². The second-order valence-electron chi connectivity index (χ2n) is 12.6. The van der Waals surface area contributed by atoms with E-state index in [-0.39, 0.29) is 18.1 Å². The summed E-state index contributed by atoms with van der Waals surface area (Å²) in [6.45, 7) is 9.45. The molecule has 1 amide bonds. The van der Waals surface area contributed by atoms with Crippen molar-refractivity contribution >= 4 is 17.5 Å². The fourth-order valence-corrected chi connectivity index (χ4v) is 7.62. The number of methoxy groups -OCH3 is 1. The SMILES string of the molecule is CCc1c(N2CCN(c3c(CC(NC(=O)OC)C(C)C)ccc4c3Cc3ccccc3-4)C2)ccc2c1Cc1ccccc1-2. The van der Waals surface area contributed by atoms with Crippen LogP contribution in [-0.4, -0.2) is 39.0 Å². The van der Waals surface area contributed by atoms with Crippen LogP contribution in [0.4, 0.5) is 16.2 Å². The van der Waals surface area contributed by atoms with Crippen LogP contribution < -0.4 is 15.1 Å². The maximum atomic E-state index is 12.3. The first kappa shape index (κ1) is 27.6. The Balaban J connectivity index is 1.25. The molecule has 1 heterocycles. The van der Waals surface area contributed by atoms with E-state index in [1.165, 1.54) is 74.1 Å². The number of nitrogens with zero attached hydrogens (tertiary/aromatic N) is 2. The van der Waals surface area contributed by atoms with Crippen LogP contribution in [0.15, 0.2) is 72.8 Å². The second-order valence-corrected chi connectivity index (χ2v) is 12.6. The molecule has 220 valence electrons. The first-order chi connectivity index (χ1) is 21.0. The standard InChI is InChI=1S/C38H41N3O2/c1-5-28-33-20-25-10-6-8-12-29(25)31(33)16-17-36(28)40-18-19-41(23-40)37-27(22-35(24(2)3)39-38(42)43-4)14-15-32-30-13-9-7-11-26(30)21-34(32)37/h6-17,24,35H,5,18-23H2,1-4H3,(H,39,42). The minimum Gasteiger partial charge on any atom is -0.453 e. The van der Waals surface area contributed by atoms with Gasteiger partial charge in [-0.25, -0.2) is 4.79 Å². The van der Waals surface area contributed by atoms with Gasteiger partial charge in [-0.05, 0) is 86.9 Å². The molecule has 1 fully saturated rings. The highest BCUT2D eigenvalue weighted by molar-refractivity contribution is 5.85. The molecule has 3 aliphatic rings. The zero-order chi connectivity index (χ0) is 29.7. The Morgan fingerprint density at radius 3 is 2.12 bits per heavy atom. The predicted molar refractivity (Wildman–Crippen MR) is 176 cm³/mol. The Hall–Kier alpha value is -4.25. The Morgan fingerprint density at radius 2 is 1.44 bits per heavy atom. The number of hydrogen-bond donors (Lipinski definition) is 1. The first-order valence-corrected chi connectivity index (χ1v) is 15.8. The van der Waals surface area contributed by atoms with Crippen molar-refractivity contribution in [3.8, 4) is 22.3 Å². The summed E-state index contributed by atoms with van der Waals surface area (Å²) in [5, 5.41) is 3.11. The number of rotatable bonds is 7. The number of alkyl carbamates (subject to hydrolysis) is 1. The Labute approximate surface area is 255 Å². The third-order valence-electron chi connectivity index (χ3n) is 9.85. The van der Waals surface area contributed by atoms with Crippen LogP contribution in [0.5, 0.6) is 0 Å². The van der Waals surface area contributed by atoms with E-state index in [0.29, 0.717) is 0 Å². The zero-order valence-corrected chi connectivity index (χ0v) is 25.7. The fraction of sp³-hybridized carbons (Fsp3) is 0.342. The predicted octanol–water partition coefficient (Wildman–Crippen LogP) is 7.60. The van der Waals surface area contributed by atoms with Gasteiger partial charge in [-0.3, -0.25) is 0 Å². The van der Waals surface area contributed by atoms with Crippen LogP contribution in [0.1, 0.15) is 54.2 Å². The second kappa shape index (κ2) is 11.1. The molecule has 5 nitrogen and oxygen atoms in total. The molecule has 4 aromatic rings. The number of ether oxygens (including phenoxy) is 1. The lowest BCUT2D eigenvalue weighted by atomic mass is 9.92. The van der Waals surface area contributed by atoms with Gasteiger partial charge in [-0.15, -0.1) is 0 Å². The molecule has 4 aromatic carbocycles. The van der Waals surface area contributed by atoms with Gasteiger partial charge in [0, 0.05) is 36.9 Å². The largest absolute Gasteiger partial charge is 0.453 e. The summed E-state index contributed by atoms with van der Waals surface area (Å²) in [5.41, 5.74) is 16.8. The van der Waals surface area contributed by atoms with Crippen molar-refractivity contribution in [1.82, 2.24) is 5.32 Å². The average molecular weight is 572 g/mol. The van der Waals surface area contributed by atoms with Gasteiger partial charge in [0.15, 0.2) is 0 Å². The quantitative estimate of drug-likeness (QED) is 0.214. The summed E-state index contributed by atoms with van der Waals surface area (Å²) in [5.74, 6) is 0.273. The Morgan fingerprint density at radius 1 is 0.814 bits per heavy atom. The monoisotopic (exact) mass is 571 g/mol. The number of anilines is 2. The number of nitrogens with one attached hydrogen (secondary N) is 1. The van der Waals surface area contributed by atoms with E-state index in [2.05, 4.69) is 109 Å². The molecule has 1 aliphatic heterocycles. The molecule has 1 unspecified atom stereocenters. The van der Waals surface area contributed by atoms with Gasteiger partial charge in [0.05, 0.1) is 13.8 Å². The molecular formula is C38H41N3O2. The molecule has 0 saturated carbocycles. The lowest BCUT2D eigenvalue weighted by Gasteiger charge is -2.29. The van der Waals surface area contributed by atoms with Crippen molar-refractivity contribution in [1.29, 1.82) is 0 Å². The van der Waals surface area contributed by atoms with Gasteiger partial charge in [-0.1, -0.05) is 87.5 Å². The van der Waals surface area contributed by atoms with Gasteiger partial charge in [0.2, 0.25) is 0 Å². The van der Waals surface area contributed by atoms with Crippen LogP contribution in [-0.2, 0) is 30.4 Å². The van der Waals surface area contributed by atoms with Crippen molar-refractivity contribution in [2.75, 3.05) is 36.7 Å². The molecular weight excluding hydrogens is 530 g/mol. The molecule has 1 N–H and O–H groups in total. The number of carbonyl (C=O) groups excluding carboxylic acids is 1. The van der Waals surface area contributed by atoms with E-state index in [1.54, 1.807) is 0 Å². The molecule has 7 rings (SSSR count). The lowest BCUT2D eigenvalue weighted by Crippen LogP contribution is -2.40. The zero-order valence-electron chi connectivity index (χ0n) is 25.7. The molecule has 1 atom stereocenters. The first-order valence-electron chi connectivity index (χ1n) is 15.8. The molecule has 2 aliphatic carbocycles. The fourth-order valence-electron chi connectivity index (χ4n) is 7.62. The topological polar surface area (TPSA) is 44.8 Å². The summed E-state index contributed by atoms with van der Waals surface area (Å²) in [4.78, 5) is 17.4. The van der Waals surface area contributed by atoms with E-state index < -0.39 is 0 Å². The summed E-state index contributed by atoms with van der Waals surface area (Å²) < 4.78 is 4.98. The van der Waals surface area contributed by atoms with Crippen molar-refractivity contribution in [2.45, 2.75) is 52.5 Å². The van der Waals surface area contributed by atoms with Gasteiger partial charge in [0.25, 0.3) is 0 Å². The highest BCUT2D eigenvalue weighted by Crippen LogP contribution is 2.46. The number of amides is 1. The molecule has 43 heavy (non-hydrogen) atoms. The molecule has 0 spiro atoms. The van der Waals surface area contributed by atoms with Crippen LogP contribution in [0.2, 0.25) is 0 Å². The number of fused-ring (bicyclic) bond motifs is 6. The summed E-state index contributed by atoms with van der Waals surface area (Å²) in [6.07, 6.45) is 3.39. The molecule has 5 heteroatoms. The minimum absolute atomic E-state index is 0.0169. The highest BCUT2D eigenvalue weighted by Gasteiger charge is 2.32. The third-order valence-corrected chi connectivity index (χ3v) is 9.85. The van der Waals surface area contributed by atoms with Crippen LogP contribution in [0.25, 0.3) is 22.3 Å². The summed E-state index contributed by atoms with van der Waals surface area (Å²) in [6, 6.07) is 27.0. The third kappa shape index (κ3) is 4.75. The Bertz CT molecular complexity index is 1710. The van der Waals surface area contributed by atoms with E-state index in [4.69, 9.17) is 4.74 Å². The van der Waals surface area contributed by atoms with Crippen molar-refractivity contribution in [3.63, 3.8) is 0 Å². The van der Waals surface area contributed by atoms with Gasteiger partial charge in [-0.2, -0.15) is 0 Å². The molecule has 1 saturated heterocycles. The van der Waals surface area contributed by atoms with Crippen molar-refractivity contribution in [3.05, 3.63) is 106 Å². The van der Waals surface area contributed by atoms with Gasteiger partial charge >= 0.3 is 6.09 Å². The normalized spacial score (nSPS) is 15.3. The smallest absolute Gasteiger partial charge is 0.407 e. The van der Waals surface area contributed by atoms with E-state index >= 15 is 0 Å². The average Bonchev–Trinajstić information content (AvgIpc) is 3.75.